The molecule has 6 aromatic carbocycles. The van der Waals surface area contributed by atoms with E-state index in [4.69, 9.17) is 0 Å². The van der Waals surface area contributed by atoms with Crippen molar-refractivity contribution in [3.63, 3.8) is 0 Å². The molecular weight excluding hydrogens is 489 g/mol. The monoisotopic (exact) mass is 517 g/mol. The zero-order valence-corrected chi connectivity index (χ0v) is 22.7. The van der Waals surface area contributed by atoms with Gasteiger partial charge in [-0.25, -0.2) is 0 Å². The lowest BCUT2D eigenvalue weighted by molar-refractivity contribution is 1.14. The fraction of sp³-hybridized carbons (Fsp3) is 0.0588. The average Bonchev–Trinajstić information content (AvgIpc) is 2.93. The van der Waals surface area contributed by atoms with E-state index < -0.39 is 7.92 Å². The smallest absolute Gasteiger partial charge is 0.0447 e. The van der Waals surface area contributed by atoms with Crippen LogP contribution in [0.2, 0.25) is 0 Å². The molecule has 0 unspecified atom stereocenters. The highest BCUT2D eigenvalue weighted by atomic mass is 35.5. The number of hydrogen-bond donors (Lipinski definition) is 0. The molecule has 6 rings (SSSR count). The molecule has 0 aliphatic heterocycles. The summed E-state index contributed by atoms with van der Waals surface area (Å²) < 4.78 is 0. The van der Waals surface area contributed by atoms with Gasteiger partial charge in [0.2, 0.25) is 0 Å². The maximum atomic E-state index is 2.38. The molecule has 0 aromatic heterocycles. The molecule has 182 valence electrons. The first-order valence-corrected chi connectivity index (χ1v) is 13.7. The Labute approximate surface area is 226 Å². The zero-order chi connectivity index (χ0) is 24.5. The van der Waals surface area contributed by atoms with Gasteiger partial charge in [-0.1, -0.05) is 127 Å². The molecule has 0 fully saturated rings. The van der Waals surface area contributed by atoms with Gasteiger partial charge < -0.3 is 4.90 Å². The van der Waals surface area contributed by atoms with Gasteiger partial charge in [-0.2, -0.15) is 0 Å². The minimum Gasteiger partial charge on any atom is -0.377 e. The molecule has 1 nitrogen and oxygen atoms in total. The molecular formula is C34H29ClNP. The van der Waals surface area contributed by atoms with Crippen LogP contribution < -0.4 is 20.8 Å². The van der Waals surface area contributed by atoms with Crippen molar-refractivity contribution in [2.75, 3.05) is 19.0 Å². The van der Waals surface area contributed by atoms with Crippen molar-refractivity contribution in [3.8, 4) is 11.1 Å². The van der Waals surface area contributed by atoms with E-state index in [9.17, 15) is 0 Å². The van der Waals surface area contributed by atoms with Crippen molar-refractivity contribution < 1.29 is 0 Å². The average molecular weight is 518 g/mol. The molecule has 0 spiro atoms. The molecule has 0 bridgehead atoms. The van der Waals surface area contributed by atoms with Gasteiger partial charge in [-0.05, 0) is 51.4 Å². The number of fused-ring (bicyclic) bond motifs is 2. The number of rotatable bonds is 5. The molecule has 3 heteroatoms. The molecule has 6 aromatic rings. The molecule has 0 saturated heterocycles. The van der Waals surface area contributed by atoms with Crippen molar-refractivity contribution in [1.29, 1.82) is 0 Å². The third-order valence-electron chi connectivity index (χ3n) is 6.82. The maximum Gasteiger partial charge on any atom is 0.0447 e. The fourth-order valence-corrected chi connectivity index (χ4v) is 7.66. The van der Waals surface area contributed by atoms with Gasteiger partial charge in [0.25, 0.3) is 0 Å². The van der Waals surface area contributed by atoms with Crippen molar-refractivity contribution >= 4 is 63.5 Å². The lowest BCUT2D eigenvalue weighted by Gasteiger charge is -2.27. The summed E-state index contributed by atoms with van der Waals surface area (Å²) >= 11 is 0. The van der Waals surface area contributed by atoms with Gasteiger partial charge in [0.1, 0.15) is 0 Å². The first-order valence-electron chi connectivity index (χ1n) is 12.3. The van der Waals surface area contributed by atoms with Crippen LogP contribution in [-0.2, 0) is 0 Å². The summed E-state index contributed by atoms with van der Waals surface area (Å²) in [5.41, 5.74) is 3.89. The Kier molecular flexibility index (Phi) is 7.28. The molecule has 0 aliphatic carbocycles. The van der Waals surface area contributed by atoms with E-state index in [0.717, 1.165) is 0 Å². The van der Waals surface area contributed by atoms with E-state index >= 15 is 0 Å². The lowest BCUT2D eigenvalue weighted by Crippen LogP contribution is -2.23. The molecule has 0 N–H and O–H groups in total. The topological polar surface area (TPSA) is 3.24 Å². The van der Waals surface area contributed by atoms with Crippen molar-refractivity contribution in [1.82, 2.24) is 0 Å². The normalized spacial score (nSPS) is 11.0. The second kappa shape index (κ2) is 10.8. The Balaban J connectivity index is 0.00000280. The predicted octanol–water partition coefficient (Wildman–Crippen LogP) is 7.91. The molecule has 0 saturated carbocycles. The highest BCUT2D eigenvalue weighted by Gasteiger charge is 2.24. The quantitative estimate of drug-likeness (QED) is 0.210. The molecule has 0 atom stereocenters. The maximum absolute atomic E-state index is 2.38. The molecule has 0 aliphatic rings. The van der Waals surface area contributed by atoms with Crippen LogP contribution in [0.3, 0.4) is 0 Å². The highest BCUT2D eigenvalue weighted by molar-refractivity contribution is 7.80. The van der Waals surface area contributed by atoms with Crippen LogP contribution in [0.5, 0.6) is 0 Å². The van der Waals surface area contributed by atoms with Gasteiger partial charge in [0, 0.05) is 30.9 Å². The van der Waals surface area contributed by atoms with E-state index in [1.807, 2.05) is 0 Å². The fourth-order valence-electron chi connectivity index (χ4n) is 5.19. The molecule has 0 heterocycles. The van der Waals surface area contributed by atoms with Gasteiger partial charge in [0.15, 0.2) is 0 Å². The van der Waals surface area contributed by atoms with Crippen molar-refractivity contribution in [2.24, 2.45) is 0 Å². The minimum atomic E-state index is -0.769. The molecule has 0 radical (unpaired) electrons. The third-order valence-corrected chi connectivity index (χ3v) is 9.30. The van der Waals surface area contributed by atoms with Crippen LogP contribution in [0.25, 0.3) is 32.7 Å². The second-order valence-corrected chi connectivity index (χ2v) is 11.4. The highest BCUT2D eigenvalue weighted by Crippen LogP contribution is 2.45. The standard InChI is InChI=1S/C34H28NP.ClH/c1-35(2)31-23-21-25-13-9-11-19-29(25)33(31)34-30-20-12-10-14-26(30)22-24-32(34)36(27-15-5-3-6-16-27)28-17-7-4-8-18-28;/h3-24H,1-2H3;1H. The number of anilines is 1. The summed E-state index contributed by atoms with van der Waals surface area (Å²) in [6.45, 7) is 0. The SMILES string of the molecule is CN(C)c1ccc2ccccc2c1-c1c(P(c2ccccc2)c2ccccc2)ccc2ccccc12.Cl. The Morgan fingerprint density at radius 1 is 0.459 bits per heavy atom. The van der Waals surface area contributed by atoms with E-state index in [1.54, 1.807) is 0 Å². The van der Waals surface area contributed by atoms with Crippen molar-refractivity contribution in [2.45, 2.75) is 0 Å². The number of benzene rings is 6. The zero-order valence-electron chi connectivity index (χ0n) is 21.0. The van der Waals surface area contributed by atoms with E-state index in [1.165, 1.54) is 54.3 Å². The molecule has 37 heavy (non-hydrogen) atoms. The van der Waals surface area contributed by atoms with E-state index in [-0.39, 0.29) is 12.4 Å². The summed E-state index contributed by atoms with van der Waals surface area (Å²) in [5, 5.41) is 9.24. The molecule has 0 amide bonds. The first kappa shape index (κ1) is 25.0. The van der Waals surface area contributed by atoms with E-state index in [2.05, 4.69) is 152 Å². The van der Waals surface area contributed by atoms with Gasteiger partial charge in [-0.3, -0.25) is 0 Å². The summed E-state index contributed by atoms with van der Waals surface area (Å²) in [5.74, 6) is 0. The summed E-state index contributed by atoms with van der Waals surface area (Å²) in [7, 11) is 3.53. The largest absolute Gasteiger partial charge is 0.377 e. The van der Waals surface area contributed by atoms with E-state index in [0.29, 0.717) is 0 Å². The van der Waals surface area contributed by atoms with Gasteiger partial charge >= 0.3 is 0 Å². The Bertz CT molecular complexity index is 1620. The van der Waals surface area contributed by atoms with Gasteiger partial charge in [-0.15, -0.1) is 12.4 Å². The van der Waals surface area contributed by atoms with Crippen LogP contribution in [0.1, 0.15) is 0 Å². The van der Waals surface area contributed by atoms with Crippen molar-refractivity contribution in [3.05, 3.63) is 133 Å². The minimum absolute atomic E-state index is 0. The van der Waals surface area contributed by atoms with Crippen LogP contribution in [0.4, 0.5) is 5.69 Å². The third kappa shape index (κ3) is 4.62. The number of hydrogen-bond acceptors (Lipinski definition) is 1. The van der Waals surface area contributed by atoms with Crippen LogP contribution in [0, 0.1) is 0 Å². The number of halogens is 1. The van der Waals surface area contributed by atoms with Crippen LogP contribution >= 0.6 is 20.3 Å². The Morgan fingerprint density at radius 2 is 0.919 bits per heavy atom. The second-order valence-electron chi connectivity index (χ2n) is 9.26. The Hall–Kier alpha value is -3.64. The number of nitrogens with zero attached hydrogens (tertiary/aromatic N) is 1. The Morgan fingerprint density at radius 3 is 1.46 bits per heavy atom. The summed E-state index contributed by atoms with van der Waals surface area (Å²) in [6, 6.07) is 48.8. The van der Waals surface area contributed by atoms with Crippen LogP contribution in [0.15, 0.2) is 133 Å². The lowest BCUT2D eigenvalue weighted by atomic mass is 9.92. The first-order chi connectivity index (χ1) is 17.7. The predicted molar refractivity (Wildman–Crippen MR) is 167 cm³/mol. The van der Waals surface area contributed by atoms with Crippen LogP contribution in [-0.4, -0.2) is 14.1 Å². The summed E-state index contributed by atoms with van der Waals surface area (Å²) in [4.78, 5) is 2.25. The van der Waals surface area contributed by atoms with Gasteiger partial charge in [0.05, 0.1) is 0 Å². The summed E-state index contributed by atoms with van der Waals surface area (Å²) in [6.07, 6.45) is 0.